The zero-order valence-corrected chi connectivity index (χ0v) is 19.0. The highest BCUT2D eigenvalue weighted by molar-refractivity contribution is 8.00. The first-order valence-corrected chi connectivity index (χ1v) is 11.0. The molecule has 0 unspecified atom stereocenters. The summed E-state index contributed by atoms with van der Waals surface area (Å²) in [5, 5.41) is 9.18. The van der Waals surface area contributed by atoms with Crippen LogP contribution in [-0.2, 0) is 4.79 Å². The molecule has 4 aromatic rings. The highest BCUT2D eigenvalue weighted by Crippen LogP contribution is 2.39. The van der Waals surface area contributed by atoms with Gasteiger partial charge >= 0.3 is 0 Å². The summed E-state index contributed by atoms with van der Waals surface area (Å²) < 4.78 is 7.54. The van der Waals surface area contributed by atoms with Crippen molar-refractivity contribution in [1.82, 2.24) is 19.7 Å². The number of carbonyl (C=O) groups is 1. The monoisotopic (exact) mass is 444 g/mol. The quantitative estimate of drug-likeness (QED) is 0.381. The summed E-state index contributed by atoms with van der Waals surface area (Å²) in [5.74, 6) is 1.35. The molecular weight excluding hydrogens is 420 g/mol. The molecule has 0 saturated heterocycles. The van der Waals surface area contributed by atoms with E-state index in [1.54, 1.807) is 26.1 Å². The SMILES string of the molecule is COc1ccccc1-c1nnc(S[C@@H](C(=O)N(C)C)c2ccccc2)n1-c1ccccc1. The molecule has 7 heteroatoms. The number of hydrogen-bond acceptors (Lipinski definition) is 5. The third-order valence-corrected chi connectivity index (χ3v) is 6.17. The van der Waals surface area contributed by atoms with Gasteiger partial charge in [0.05, 0.1) is 12.7 Å². The van der Waals surface area contributed by atoms with E-state index < -0.39 is 5.25 Å². The number of para-hydroxylation sites is 2. The van der Waals surface area contributed by atoms with Crippen LogP contribution in [-0.4, -0.2) is 46.8 Å². The Kier molecular flexibility index (Phi) is 6.56. The zero-order chi connectivity index (χ0) is 22.5. The van der Waals surface area contributed by atoms with Crippen LogP contribution in [0.4, 0.5) is 0 Å². The van der Waals surface area contributed by atoms with E-state index in [9.17, 15) is 4.79 Å². The number of methoxy groups -OCH3 is 1. The molecule has 0 aliphatic carbocycles. The van der Waals surface area contributed by atoms with Gasteiger partial charge in [0.15, 0.2) is 11.0 Å². The number of nitrogens with zero attached hydrogens (tertiary/aromatic N) is 4. The minimum absolute atomic E-state index is 0.0114. The first kappa shape index (κ1) is 21.6. The van der Waals surface area contributed by atoms with Crippen LogP contribution >= 0.6 is 11.8 Å². The molecule has 1 amide bonds. The highest BCUT2D eigenvalue weighted by Gasteiger charge is 2.28. The van der Waals surface area contributed by atoms with Gasteiger partial charge in [-0.15, -0.1) is 10.2 Å². The van der Waals surface area contributed by atoms with E-state index in [0.717, 1.165) is 16.8 Å². The van der Waals surface area contributed by atoms with Gasteiger partial charge in [-0.1, -0.05) is 72.4 Å². The summed E-state index contributed by atoms with van der Waals surface area (Å²) in [6, 6.07) is 27.3. The molecule has 1 aromatic heterocycles. The number of benzene rings is 3. The molecule has 162 valence electrons. The Morgan fingerprint density at radius 2 is 1.53 bits per heavy atom. The molecule has 4 rings (SSSR count). The molecule has 1 atom stereocenters. The maximum absolute atomic E-state index is 13.1. The van der Waals surface area contributed by atoms with Gasteiger partial charge in [0.2, 0.25) is 5.91 Å². The van der Waals surface area contributed by atoms with Crippen LogP contribution in [0.3, 0.4) is 0 Å². The topological polar surface area (TPSA) is 60.3 Å². The fraction of sp³-hybridized carbons (Fsp3) is 0.160. The van der Waals surface area contributed by atoms with E-state index >= 15 is 0 Å². The number of carbonyl (C=O) groups excluding carboxylic acids is 1. The number of rotatable bonds is 7. The van der Waals surface area contributed by atoms with Gasteiger partial charge in [-0.05, 0) is 29.8 Å². The molecule has 0 aliphatic heterocycles. The lowest BCUT2D eigenvalue weighted by Gasteiger charge is -2.20. The Hall–Kier alpha value is -3.58. The Morgan fingerprint density at radius 1 is 0.906 bits per heavy atom. The Labute approximate surface area is 191 Å². The number of amides is 1. The maximum atomic E-state index is 13.1. The number of aromatic nitrogens is 3. The van der Waals surface area contributed by atoms with Crippen molar-refractivity contribution in [3.63, 3.8) is 0 Å². The second kappa shape index (κ2) is 9.70. The second-order valence-electron chi connectivity index (χ2n) is 7.32. The molecule has 0 bridgehead atoms. The Morgan fingerprint density at radius 3 is 2.19 bits per heavy atom. The van der Waals surface area contributed by atoms with Crippen molar-refractivity contribution in [2.75, 3.05) is 21.2 Å². The lowest BCUT2D eigenvalue weighted by Crippen LogP contribution is -2.27. The van der Waals surface area contributed by atoms with Crippen molar-refractivity contribution in [3.05, 3.63) is 90.5 Å². The van der Waals surface area contributed by atoms with Crippen molar-refractivity contribution >= 4 is 17.7 Å². The average Bonchev–Trinajstić information content (AvgIpc) is 3.26. The molecule has 0 fully saturated rings. The van der Waals surface area contributed by atoms with E-state index in [4.69, 9.17) is 4.74 Å². The maximum Gasteiger partial charge on any atom is 0.240 e. The predicted octanol–water partition coefficient (Wildman–Crippen LogP) is 4.86. The third kappa shape index (κ3) is 4.38. The molecule has 3 aromatic carbocycles. The largest absolute Gasteiger partial charge is 0.496 e. The fourth-order valence-corrected chi connectivity index (χ4v) is 4.59. The van der Waals surface area contributed by atoms with Gasteiger partial charge < -0.3 is 9.64 Å². The van der Waals surface area contributed by atoms with Crippen LogP contribution < -0.4 is 4.74 Å². The molecule has 0 N–H and O–H groups in total. The van der Waals surface area contributed by atoms with E-state index in [-0.39, 0.29) is 5.91 Å². The van der Waals surface area contributed by atoms with Crippen molar-refractivity contribution in [2.45, 2.75) is 10.4 Å². The van der Waals surface area contributed by atoms with E-state index in [2.05, 4.69) is 10.2 Å². The van der Waals surface area contributed by atoms with E-state index in [1.807, 2.05) is 89.5 Å². The standard InChI is InChI=1S/C25H24N4O2S/c1-28(2)24(30)22(18-12-6-4-7-13-18)32-25-27-26-23(20-16-10-11-17-21(20)31-3)29(25)19-14-8-5-9-15-19/h4-17,22H,1-3H3/t22-/m1/s1. The first-order chi connectivity index (χ1) is 15.6. The lowest BCUT2D eigenvalue weighted by molar-refractivity contribution is -0.128. The Bertz CT molecular complexity index is 1190. The normalized spacial score (nSPS) is 11.7. The molecule has 32 heavy (non-hydrogen) atoms. The van der Waals surface area contributed by atoms with Crippen molar-refractivity contribution in [3.8, 4) is 22.8 Å². The zero-order valence-electron chi connectivity index (χ0n) is 18.2. The Balaban J connectivity index is 1.85. The summed E-state index contributed by atoms with van der Waals surface area (Å²) in [7, 11) is 5.17. The minimum atomic E-state index is -0.455. The summed E-state index contributed by atoms with van der Waals surface area (Å²) in [6.07, 6.45) is 0. The molecular formula is C25H24N4O2S. The summed E-state index contributed by atoms with van der Waals surface area (Å²) in [5.41, 5.74) is 2.65. The molecule has 0 radical (unpaired) electrons. The molecule has 6 nitrogen and oxygen atoms in total. The van der Waals surface area contributed by atoms with Crippen LogP contribution in [0.25, 0.3) is 17.1 Å². The van der Waals surface area contributed by atoms with Gasteiger partial charge in [-0.3, -0.25) is 9.36 Å². The number of likely N-dealkylation sites (N-methyl/N-ethyl adjacent to an activating group) is 1. The summed E-state index contributed by atoms with van der Waals surface area (Å²) in [4.78, 5) is 14.7. The van der Waals surface area contributed by atoms with Crippen LogP contribution in [0.1, 0.15) is 10.8 Å². The van der Waals surface area contributed by atoms with Gasteiger partial charge in [-0.2, -0.15) is 0 Å². The summed E-state index contributed by atoms with van der Waals surface area (Å²) in [6.45, 7) is 0. The lowest BCUT2D eigenvalue weighted by atomic mass is 10.1. The average molecular weight is 445 g/mol. The van der Waals surface area contributed by atoms with Crippen LogP contribution in [0, 0.1) is 0 Å². The van der Waals surface area contributed by atoms with Crippen molar-refractivity contribution in [1.29, 1.82) is 0 Å². The van der Waals surface area contributed by atoms with E-state index in [0.29, 0.717) is 16.7 Å². The van der Waals surface area contributed by atoms with Crippen molar-refractivity contribution < 1.29 is 9.53 Å². The smallest absolute Gasteiger partial charge is 0.240 e. The minimum Gasteiger partial charge on any atom is -0.496 e. The highest BCUT2D eigenvalue weighted by atomic mass is 32.2. The second-order valence-corrected chi connectivity index (χ2v) is 8.39. The molecule has 0 saturated carbocycles. The van der Waals surface area contributed by atoms with Gasteiger partial charge in [-0.25, -0.2) is 0 Å². The van der Waals surface area contributed by atoms with Gasteiger partial charge in [0.25, 0.3) is 0 Å². The first-order valence-electron chi connectivity index (χ1n) is 10.2. The van der Waals surface area contributed by atoms with Crippen molar-refractivity contribution in [2.24, 2.45) is 0 Å². The molecule has 1 heterocycles. The number of thioether (sulfide) groups is 1. The summed E-state index contributed by atoms with van der Waals surface area (Å²) >= 11 is 1.39. The van der Waals surface area contributed by atoms with Crippen LogP contribution in [0.5, 0.6) is 5.75 Å². The fourth-order valence-electron chi connectivity index (χ4n) is 3.39. The number of hydrogen-bond donors (Lipinski definition) is 0. The number of ether oxygens (including phenoxy) is 1. The van der Waals surface area contributed by atoms with E-state index in [1.165, 1.54) is 11.8 Å². The van der Waals surface area contributed by atoms with Gasteiger partial charge in [0, 0.05) is 19.8 Å². The van der Waals surface area contributed by atoms with Gasteiger partial charge in [0.1, 0.15) is 11.0 Å². The molecule has 0 spiro atoms. The predicted molar refractivity (Wildman–Crippen MR) is 127 cm³/mol. The molecule has 0 aliphatic rings. The van der Waals surface area contributed by atoms with Crippen LogP contribution in [0.15, 0.2) is 90.1 Å². The third-order valence-electron chi connectivity index (χ3n) is 4.99. The van der Waals surface area contributed by atoms with Crippen LogP contribution in [0.2, 0.25) is 0 Å².